The second kappa shape index (κ2) is 5.85. The van der Waals surface area contributed by atoms with E-state index in [-0.39, 0.29) is 5.76 Å². The number of furan rings is 1. The van der Waals surface area contributed by atoms with E-state index in [1.54, 1.807) is 12.4 Å². The van der Waals surface area contributed by atoms with Gasteiger partial charge in [-0.2, -0.15) is 0 Å². The number of amides is 1. The van der Waals surface area contributed by atoms with Gasteiger partial charge in [0.1, 0.15) is 0 Å². The van der Waals surface area contributed by atoms with E-state index in [2.05, 4.69) is 10.3 Å². The van der Waals surface area contributed by atoms with Gasteiger partial charge in [-0.05, 0) is 30.2 Å². The first-order valence-electron chi connectivity index (χ1n) is 5.76. The number of nitrogens with zero attached hydrogens (tertiary/aromatic N) is 1. The zero-order valence-corrected chi connectivity index (χ0v) is 11.3. The van der Waals surface area contributed by atoms with Crippen molar-refractivity contribution in [2.75, 3.05) is 6.54 Å². The van der Waals surface area contributed by atoms with Gasteiger partial charge in [-0.25, -0.2) is 13.6 Å². The Morgan fingerprint density at radius 1 is 1.35 bits per heavy atom. The van der Waals surface area contributed by atoms with Crippen molar-refractivity contribution in [1.82, 2.24) is 10.3 Å². The first-order chi connectivity index (χ1) is 9.47. The highest BCUT2D eigenvalue weighted by Gasteiger charge is 2.17. The summed E-state index contributed by atoms with van der Waals surface area (Å²) < 4.78 is 26.9. The minimum Gasteiger partial charge on any atom is -0.438 e. The van der Waals surface area contributed by atoms with Gasteiger partial charge in [-0.15, -0.1) is 0 Å². The van der Waals surface area contributed by atoms with Crippen molar-refractivity contribution < 1.29 is 17.6 Å². The van der Waals surface area contributed by atoms with Gasteiger partial charge in [-0.3, -0.25) is 9.78 Å². The van der Waals surface area contributed by atoms with Crippen LogP contribution >= 0.6 is 0 Å². The van der Waals surface area contributed by atoms with E-state index in [0.29, 0.717) is 13.0 Å². The van der Waals surface area contributed by atoms with Crippen LogP contribution in [0.4, 0.5) is 0 Å². The maximum absolute atomic E-state index is 11.7. The fourth-order valence-electron chi connectivity index (χ4n) is 1.55. The summed E-state index contributed by atoms with van der Waals surface area (Å²) in [5, 5.41) is 7.07. The van der Waals surface area contributed by atoms with E-state index >= 15 is 0 Å². The molecule has 2 aromatic heterocycles. The molecule has 0 bridgehead atoms. The van der Waals surface area contributed by atoms with E-state index in [1.165, 1.54) is 6.07 Å². The van der Waals surface area contributed by atoms with Gasteiger partial charge in [0.15, 0.2) is 5.76 Å². The molecule has 0 aliphatic heterocycles. The van der Waals surface area contributed by atoms with E-state index in [0.717, 1.165) is 11.6 Å². The van der Waals surface area contributed by atoms with Crippen LogP contribution in [0.2, 0.25) is 0 Å². The molecule has 0 aliphatic rings. The highest BCUT2D eigenvalue weighted by molar-refractivity contribution is 7.89. The van der Waals surface area contributed by atoms with Gasteiger partial charge in [0, 0.05) is 18.9 Å². The van der Waals surface area contributed by atoms with Crippen molar-refractivity contribution in [1.29, 1.82) is 0 Å². The summed E-state index contributed by atoms with van der Waals surface area (Å²) in [5.74, 6) is -0.594. The van der Waals surface area contributed by atoms with Crippen molar-refractivity contribution >= 4 is 15.9 Å². The normalized spacial score (nSPS) is 11.2. The number of nitrogens with one attached hydrogen (secondary N) is 1. The van der Waals surface area contributed by atoms with Crippen LogP contribution < -0.4 is 10.5 Å². The predicted molar refractivity (Wildman–Crippen MR) is 70.4 cm³/mol. The first kappa shape index (κ1) is 14.2. The van der Waals surface area contributed by atoms with E-state index in [1.807, 2.05) is 12.1 Å². The Kier molecular flexibility index (Phi) is 4.16. The van der Waals surface area contributed by atoms with Gasteiger partial charge in [0.05, 0.1) is 0 Å². The minimum absolute atomic E-state index is 0.0970. The lowest BCUT2D eigenvalue weighted by atomic mass is 10.2. The summed E-state index contributed by atoms with van der Waals surface area (Å²) in [6.07, 6.45) is 3.99. The zero-order chi connectivity index (χ0) is 14.6. The summed E-state index contributed by atoms with van der Waals surface area (Å²) in [7, 11) is -3.93. The number of primary sulfonamides is 1. The van der Waals surface area contributed by atoms with Crippen LogP contribution in [-0.2, 0) is 16.4 Å². The van der Waals surface area contributed by atoms with Crippen LogP contribution in [0.1, 0.15) is 16.1 Å². The molecule has 0 saturated heterocycles. The number of carbonyl (C=O) groups is 1. The Labute approximate surface area is 115 Å². The lowest BCUT2D eigenvalue weighted by Crippen LogP contribution is -2.25. The lowest BCUT2D eigenvalue weighted by Gasteiger charge is -2.02. The average Bonchev–Trinajstić information content (AvgIpc) is 2.89. The van der Waals surface area contributed by atoms with Crippen molar-refractivity contribution in [3.05, 3.63) is 48.0 Å². The Morgan fingerprint density at radius 3 is 2.75 bits per heavy atom. The molecule has 7 nitrogen and oxygen atoms in total. The highest BCUT2D eigenvalue weighted by atomic mass is 32.2. The molecule has 0 atom stereocenters. The smallest absolute Gasteiger partial charge is 0.287 e. The van der Waals surface area contributed by atoms with Gasteiger partial charge < -0.3 is 9.73 Å². The summed E-state index contributed by atoms with van der Waals surface area (Å²) in [4.78, 5) is 15.7. The Morgan fingerprint density at radius 2 is 2.15 bits per heavy atom. The molecule has 20 heavy (non-hydrogen) atoms. The summed E-state index contributed by atoms with van der Waals surface area (Å²) >= 11 is 0. The first-order valence-corrected chi connectivity index (χ1v) is 7.31. The lowest BCUT2D eigenvalue weighted by molar-refractivity contribution is 0.0921. The van der Waals surface area contributed by atoms with Crippen molar-refractivity contribution in [2.24, 2.45) is 5.14 Å². The molecule has 0 spiro atoms. The molecule has 2 heterocycles. The van der Waals surface area contributed by atoms with E-state index < -0.39 is 21.0 Å². The second-order valence-corrected chi connectivity index (χ2v) is 5.52. The van der Waals surface area contributed by atoms with Crippen LogP contribution in [0.15, 0.2) is 46.2 Å². The molecule has 3 N–H and O–H groups in total. The third-order valence-corrected chi connectivity index (χ3v) is 3.29. The van der Waals surface area contributed by atoms with Crippen molar-refractivity contribution in [2.45, 2.75) is 11.5 Å². The molecule has 2 aromatic rings. The molecule has 8 heteroatoms. The number of rotatable bonds is 5. The third kappa shape index (κ3) is 3.65. The Balaban J connectivity index is 1.91. The minimum atomic E-state index is -3.93. The molecule has 2 rings (SSSR count). The van der Waals surface area contributed by atoms with Crippen molar-refractivity contribution in [3.63, 3.8) is 0 Å². The van der Waals surface area contributed by atoms with E-state index in [4.69, 9.17) is 9.56 Å². The molecule has 0 aliphatic carbocycles. The van der Waals surface area contributed by atoms with Crippen molar-refractivity contribution in [3.8, 4) is 0 Å². The maximum atomic E-state index is 11.7. The molecule has 0 radical (unpaired) electrons. The third-order valence-electron chi connectivity index (χ3n) is 2.51. The standard InChI is InChI=1S/C12H13N3O4S/c13-20(17,18)11-4-3-10(19-11)12(16)15-7-5-9-2-1-6-14-8-9/h1-4,6,8H,5,7H2,(H,15,16)(H2,13,17,18). The van der Waals surface area contributed by atoms with Crippen LogP contribution in [0.3, 0.4) is 0 Å². The zero-order valence-electron chi connectivity index (χ0n) is 10.4. The fourth-order valence-corrected chi connectivity index (χ4v) is 2.01. The highest BCUT2D eigenvalue weighted by Crippen LogP contribution is 2.11. The second-order valence-electron chi connectivity index (χ2n) is 4.03. The summed E-state index contributed by atoms with van der Waals surface area (Å²) in [5.41, 5.74) is 0.984. The molecule has 1 amide bonds. The topological polar surface area (TPSA) is 115 Å². The SMILES string of the molecule is NS(=O)(=O)c1ccc(C(=O)NCCc2cccnc2)o1. The number of hydrogen-bond donors (Lipinski definition) is 2. The number of carbonyl (C=O) groups excluding carboxylic acids is 1. The van der Waals surface area contributed by atoms with Crippen LogP contribution in [0, 0.1) is 0 Å². The average molecular weight is 295 g/mol. The maximum Gasteiger partial charge on any atom is 0.287 e. The number of sulfonamides is 1. The molecule has 106 valence electrons. The van der Waals surface area contributed by atoms with Crippen LogP contribution in [0.5, 0.6) is 0 Å². The number of hydrogen-bond acceptors (Lipinski definition) is 5. The molecular weight excluding hydrogens is 282 g/mol. The fraction of sp³-hybridized carbons (Fsp3) is 0.167. The van der Waals surface area contributed by atoms with Crippen LogP contribution in [0.25, 0.3) is 0 Å². The number of nitrogens with two attached hydrogens (primary N) is 1. The number of aromatic nitrogens is 1. The molecule has 0 unspecified atom stereocenters. The van der Waals surface area contributed by atoms with Gasteiger partial charge in [0.2, 0.25) is 5.09 Å². The van der Waals surface area contributed by atoms with E-state index in [9.17, 15) is 13.2 Å². The Bertz CT molecular complexity index is 695. The molecule has 0 fully saturated rings. The Hall–Kier alpha value is -2.19. The summed E-state index contributed by atoms with van der Waals surface area (Å²) in [6.45, 7) is 0.385. The summed E-state index contributed by atoms with van der Waals surface area (Å²) in [6, 6.07) is 6.11. The molecule has 0 aromatic carbocycles. The monoisotopic (exact) mass is 295 g/mol. The molecule has 0 saturated carbocycles. The largest absolute Gasteiger partial charge is 0.438 e. The molecular formula is C12H13N3O4S. The predicted octanol–water partition coefficient (Wildman–Crippen LogP) is 0.294. The quantitative estimate of drug-likeness (QED) is 0.822. The number of pyridine rings is 1. The van der Waals surface area contributed by atoms with Gasteiger partial charge in [-0.1, -0.05) is 6.07 Å². The van der Waals surface area contributed by atoms with Gasteiger partial charge in [0.25, 0.3) is 15.9 Å². The van der Waals surface area contributed by atoms with Gasteiger partial charge >= 0.3 is 0 Å². The van der Waals surface area contributed by atoms with Crippen LogP contribution in [-0.4, -0.2) is 25.9 Å².